The van der Waals surface area contributed by atoms with Crippen LogP contribution in [0.1, 0.15) is 39.8 Å². The van der Waals surface area contributed by atoms with E-state index >= 15 is 0 Å². The standard InChI is InChI=1S/C21H22N2O4/c1-4-11-22-20(24)15-7-5-6-8-17(15)23-21(25)19-13(2)16-12-14(26-3)9-10-18(16)27-19/h5-10,12H,4,11H2,1-3H3,(H,22,24)(H,23,25). The van der Waals surface area contributed by atoms with E-state index in [2.05, 4.69) is 10.6 Å². The van der Waals surface area contributed by atoms with Gasteiger partial charge in [0.05, 0.1) is 18.4 Å². The predicted octanol–water partition coefficient (Wildman–Crippen LogP) is 4.14. The van der Waals surface area contributed by atoms with Crippen LogP contribution in [0.2, 0.25) is 0 Å². The second kappa shape index (κ2) is 7.95. The first-order valence-corrected chi connectivity index (χ1v) is 8.80. The Morgan fingerprint density at radius 2 is 1.89 bits per heavy atom. The van der Waals surface area contributed by atoms with Gasteiger partial charge >= 0.3 is 0 Å². The summed E-state index contributed by atoms with van der Waals surface area (Å²) in [5.41, 5.74) is 2.17. The van der Waals surface area contributed by atoms with Gasteiger partial charge in [0.15, 0.2) is 5.76 Å². The van der Waals surface area contributed by atoms with Gasteiger partial charge in [0.25, 0.3) is 11.8 Å². The molecule has 0 saturated heterocycles. The Balaban J connectivity index is 1.89. The number of amides is 2. The lowest BCUT2D eigenvalue weighted by Gasteiger charge is -2.10. The highest BCUT2D eigenvalue weighted by Crippen LogP contribution is 2.29. The first kappa shape index (κ1) is 18.5. The molecule has 0 radical (unpaired) electrons. The van der Waals surface area contributed by atoms with Crippen LogP contribution in [0, 0.1) is 6.92 Å². The molecule has 27 heavy (non-hydrogen) atoms. The molecule has 140 valence electrons. The van der Waals surface area contributed by atoms with E-state index in [0.29, 0.717) is 34.7 Å². The number of benzene rings is 2. The van der Waals surface area contributed by atoms with E-state index in [0.717, 1.165) is 11.8 Å². The fraction of sp³-hybridized carbons (Fsp3) is 0.238. The van der Waals surface area contributed by atoms with Crippen molar-refractivity contribution in [3.63, 3.8) is 0 Å². The van der Waals surface area contributed by atoms with Crippen molar-refractivity contribution < 1.29 is 18.7 Å². The lowest BCUT2D eigenvalue weighted by Crippen LogP contribution is -2.25. The molecule has 6 nitrogen and oxygen atoms in total. The number of nitrogens with one attached hydrogen (secondary N) is 2. The summed E-state index contributed by atoms with van der Waals surface area (Å²) in [6.45, 7) is 4.37. The Labute approximate surface area is 157 Å². The van der Waals surface area contributed by atoms with Crippen molar-refractivity contribution in [2.24, 2.45) is 0 Å². The first-order chi connectivity index (χ1) is 13.0. The molecule has 2 N–H and O–H groups in total. The maximum Gasteiger partial charge on any atom is 0.291 e. The van der Waals surface area contributed by atoms with Crippen LogP contribution in [0.4, 0.5) is 5.69 Å². The van der Waals surface area contributed by atoms with Crippen LogP contribution in [0.3, 0.4) is 0 Å². The second-order valence-electron chi connectivity index (χ2n) is 6.17. The van der Waals surface area contributed by atoms with E-state index in [1.54, 1.807) is 43.5 Å². The quantitative estimate of drug-likeness (QED) is 0.687. The zero-order valence-electron chi connectivity index (χ0n) is 15.6. The Morgan fingerprint density at radius 1 is 1.11 bits per heavy atom. The molecular formula is C21H22N2O4. The first-order valence-electron chi connectivity index (χ1n) is 8.80. The third-order valence-corrected chi connectivity index (χ3v) is 4.31. The van der Waals surface area contributed by atoms with Crippen molar-refractivity contribution in [2.45, 2.75) is 20.3 Å². The van der Waals surface area contributed by atoms with Gasteiger partial charge in [0.2, 0.25) is 0 Å². The van der Waals surface area contributed by atoms with E-state index < -0.39 is 5.91 Å². The molecule has 0 unspecified atom stereocenters. The van der Waals surface area contributed by atoms with Crippen LogP contribution in [-0.2, 0) is 0 Å². The van der Waals surface area contributed by atoms with Crippen LogP contribution in [0.25, 0.3) is 11.0 Å². The Hall–Kier alpha value is -3.28. The van der Waals surface area contributed by atoms with Crippen molar-refractivity contribution in [3.05, 3.63) is 59.4 Å². The van der Waals surface area contributed by atoms with Gasteiger partial charge in [-0.25, -0.2) is 0 Å². The molecule has 0 aliphatic rings. The Morgan fingerprint density at radius 3 is 2.63 bits per heavy atom. The molecule has 3 aromatic rings. The zero-order valence-corrected chi connectivity index (χ0v) is 15.6. The minimum absolute atomic E-state index is 0.210. The van der Waals surface area contributed by atoms with Crippen molar-refractivity contribution in [3.8, 4) is 5.75 Å². The molecule has 0 saturated carbocycles. The number of carbonyl (C=O) groups is 2. The van der Waals surface area contributed by atoms with Crippen molar-refractivity contribution in [1.82, 2.24) is 5.32 Å². The van der Waals surface area contributed by atoms with E-state index in [9.17, 15) is 9.59 Å². The number of furan rings is 1. The Bertz CT molecular complexity index is 991. The normalized spacial score (nSPS) is 10.6. The van der Waals surface area contributed by atoms with E-state index in [1.165, 1.54) is 0 Å². The molecule has 1 heterocycles. The highest BCUT2D eigenvalue weighted by Gasteiger charge is 2.20. The minimum atomic E-state index is -0.404. The number of rotatable bonds is 6. The second-order valence-corrected chi connectivity index (χ2v) is 6.17. The van der Waals surface area contributed by atoms with Crippen molar-refractivity contribution >= 4 is 28.5 Å². The van der Waals surface area contributed by atoms with Gasteiger partial charge in [-0.05, 0) is 43.7 Å². The number of anilines is 1. The van der Waals surface area contributed by atoms with Crippen LogP contribution in [0.5, 0.6) is 5.75 Å². The fourth-order valence-electron chi connectivity index (χ4n) is 2.85. The van der Waals surface area contributed by atoms with Crippen molar-refractivity contribution in [2.75, 3.05) is 19.0 Å². The summed E-state index contributed by atoms with van der Waals surface area (Å²) in [5, 5.41) is 6.42. The molecule has 0 spiro atoms. The van der Waals surface area contributed by atoms with Crippen LogP contribution >= 0.6 is 0 Å². The fourth-order valence-corrected chi connectivity index (χ4v) is 2.85. The summed E-state index contributed by atoms with van der Waals surface area (Å²) in [4.78, 5) is 25.1. The summed E-state index contributed by atoms with van der Waals surface area (Å²) in [5.74, 6) is 0.274. The average molecular weight is 366 g/mol. The van der Waals surface area contributed by atoms with Gasteiger partial charge in [0.1, 0.15) is 11.3 Å². The van der Waals surface area contributed by atoms with Gasteiger partial charge in [0, 0.05) is 17.5 Å². The number of hydrogen-bond acceptors (Lipinski definition) is 4. The maximum atomic E-state index is 12.8. The van der Waals surface area contributed by atoms with Crippen LogP contribution in [0.15, 0.2) is 46.9 Å². The molecular weight excluding hydrogens is 344 g/mol. The molecule has 0 aliphatic carbocycles. The SMILES string of the molecule is CCCNC(=O)c1ccccc1NC(=O)c1oc2ccc(OC)cc2c1C. The molecule has 0 fully saturated rings. The number of ether oxygens (including phenoxy) is 1. The summed E-state index contributed by atoms with van der Waals surface area (Å²) in [6.07, 6.45) is 0.835. The highest BCUT2D eigenvalue weighted by molar-refractivity contribution is 6.10. The summed E-state index contributed by atoms with van der Waals surface area (Å²) in [7, 11) is 1.59. The van der Waals surface area contributed by atoms with Crippen molar-refractivity contribution in [1.29, 1.82) is 0 Å². The summed E-state index contributed by atoms with van der Waals surface area (Å²) in [6, 6.07) is 12.3. The van der Waals surface area contributed by atoms with Crippen LogP contribution < -0.4 is 15.4 Å². The predicted molar refractivity (Wildman–Crippen MR) is 105 cm³/mol. The lowest BCUT2D eigenvalue weighted by atomic mass is 10.1. The molecule has 0 atom stereocenters. The average Bonchev–Trinajstić information content (AvgIpc) is 3.02. The number of aryl methyl sites for hydroxylation is 1. The number of para-hydroxylation sites is 1. The lowest BCUT2D eigenvalue weighted by molar-refractivity contribution is 0.0954. The summed E-state index contributed by atoms with van der Waals surface area (Å²) < 4.78 is 11.0. The molecule has 0 aliphatic heterocycles. The third kappa shape index (κ3) is 3.79. The summed E-state index contributed by atoms with van der Waals surface area (Å²) >= 11 is 0. The largest absolute Gasteiger partial charge is 0.497 e. The molecule has 2 aromatic carbocycles. The zero-order chi connectivity index (χ0) is 19.4. The molecule has 2 amide bonds. The third-order valence-electron chi connectivity index (χ3n) is 4.31. The van der Waals surface area contributed by atoms with Gasteiger partial charge in [-0.2, -0.15) is 0 Å². The van der Waals surface area contributed by atoms with E-state index in [1.807, 2.05) is 19.9 Å². The topological polar surface area (TPSA) is 80.6 Å². The molecule has 3 rings (SSSR count). The monoisotopic (exact) mass is 366 g/mol. The maximum absolute atomic E-state index is 12.8. The molecule has 1 aromatic heterocycles. The van der Waals surface area contributed by atoms with E-state index in [-0.39, 0.29) is 11.7 Å². The van der Waals surface area contributed by atoms with E-state index in [4.69, 9.17) is 9.15 Å². The number of hydrogen-bond donors (Lipinski definition) is 2. The number of carbonyl (C=O) groups excluding carboxylic acids is 2. The minimum Gasteiger partial charge on any atom is -0.497 e. The van der Waals surface area contributed by atoms with Gasteiger partial charge < -0.3 is 19.8 Å². The van der Waals surface area contributed by atoms with Gasteiger partial charge in [-0.1, -0.05) is 19.1 Å². The highest BCUT2D eigenvalue weighted by atomic mass is 16.5. The van der Waals surface area contributed by atoms with Gasteiger partial charge in [-0.15, -0.1) is 0 Å². The van der Waals surface area contributed by atoms with Gasteiger partial charge in [-0.3, -0.25) is 9.59 Å². The smallest absolute Gasteiger partial charge is 0.291 e. The number of methoxy groups -OCH3 is 1. The number of fused-ring (bicyclic) bond motifs is 1. The van der Waals surface area contributed by atoms with Crippen LogP contribution in [-0.4, -0.2) is 25.5 Å². The molecule has 6 heteroatoms. The molecule has 0 bridgehead atoms. The Kier molecular flexibility index (Phi) is 5.45.